The Bertz CT molecular complexity index is 851. The van der Waals surface area contributed by atoms with Crippen LogP contribution in [0.25, 0.3) is 0 Å². The van der Waals surface area contributed by atoms with Crippen molar-refractivity contribution < 1.29 is 4.74 Å². The van der Waals surface area contributed by atoms with Crippen molar-refractivity contribution in [2.75, 3.05) is 13.2 Å². The van der Waals surface area contributed by atoms with Gasteiger partial charge in [0.15, 0.2) is 0 Å². The number of hydrogen-bond donors (Lipinski definition) is 0. The molecule has 1 aromatic rings. The maximum Gasteiger partial charge on any atom is 0.347 e. The van der Waals surface area contributed by atoms with Gasteiger partial charge in [-0.05, 0) is 12.8 Å². The van der Waals surface area contributed by atoms with Crippen LogP contribution in [-0.4, -0.2) is 51.7 Å². The van der Waals surface area contributed by atoms with Gasteiger partial charge in [0.25, 0.3) is 0 Å². The van der Waals surface area contributed by atoms with Crippen LogP contribution in [0.4, 0.5) is 0 Å². The third-order valence-corrected chi connectivity index (χ3v) is 7.05. The average molecular weight is 315 g/mol. The van der Waals surface area contributed by atoms with Crippen molar-refractivity contribution in [1.29, 1.82) is 0 Å². The lowest BCUT2D eigenvalue weighted by Gasteiger charge is -2.56. The number of rotatable bonds is 0. The topological polar surface area (TPSA) is 82.9 Å². The number of aromatic nitrogens is 3. The van der Waals surface area contributed by atoms with Crippen molar-refractivity contribution in [2.24, 2.45) is 27.9 Å². The normalized spacial score (nSPS) is 47.7. The molecule has 5 aliphatic rings. The van der Waals surface area contributed by atoms with Gasteiger partial charge in [0, 0.05) is 19.5 Å². The first-order valence-corrected chi connectivity index (χ1v) is 8.17. The minimum Gasteiger partial charge on any atom is -0.380 e. The van der Waals surface area contributed by atoms with Crippen LogP contribution in [0.3, 0.4) is 0 Å². The van der Waals surface area contributed by atoms with Crippen molar-refractivity contribution in [3.63, 3.8) is 0 Å². The lowest BCUT2D eigenvalue weighted by Crippen LogP contribution is -2.66. The fourth-order valence-corrected chi connectivity index (χ4v) is 6.11. The van der Waals surface area contributed by atoms with E-state index in [0.29, 0.717) is 13.2 Å². The number of ether oxygens (including phenoxy) is 1. The van der Waals surface area contributed by atoms with Gasteiger partial charge in [0.05, 0.1) is 36.1 Å². The second-order valence-electron chi connectivity index (χ2n) is 7.48. The second kappa shape index (κ2) is 3.43. The van der Waals surface area contributed by atoms with Crippen LogP contribution < -0.4 is 11.4 Å². The highest BCUT2D eigenvalue weighted by molar-refractivity contribution is 5.75. The molecule has 1 saturated carbocycles. The zero-order valence-electron chi connectivity index (χ0n) is 12.8. The summed E-state index contributed by atoms with van der Waals surface area (Å²) in [4.78, 5) is 34.9. The molecule has 6 atom stereocenters. The lowest BCUT2D eigenvalue weighted by molar-refractivity contribution is -0.0658. The molecule has 8 nitrogen and oxygen atoms in total. The van der Waals surface area contributed by atoms with Gasteiger partial charge in [-0.1, -0.05) is 0 Å². The van der Waals surface area contributed by atoms with Gasteiger partial charge in [0.1, 0.15) is 12.1 Å². The van der Waals surface area contributed by atoms with Gasteiger partial charge < -0.3 is 4.74 Å². The second-order valence-corrected chi connectivity index (χ2v) is 7.48. The third kappa shape index (κ3) is 0.969. The number of hydrogen-bond acceptors (Lipinski definition) is 5. The molecule has 0 bridgehead atoms. The molecule has 0 amide bonds. The molecule has 1 aliphatic carbocycles. The fourth-order valence-electron chi connectivity index (χ4n) is 6.11. The third-order valence-electron chi connectivity index (χ3n) is 7.05. The quantitative estimate of drug-likeness (QED) is 0.625. The van der Waals surface area contributed by atoms with Crippen LogP contribution in [0.1, 0.15) is 24.9 Å². The number of nitrogens with zero attached hydrogens (tertiary/aromatic N) is 5. The van der Waals surface area contributed by atoms with Crippen molar-refractivity contribution in [3.8, 4) is 0 Å². The average Bonchev–Trinajstić information content (AvgIpc) is 3.25. The van der Waals surface area contributed by atoms with Crippen LogP contribution >= 0.6 is 0 Å². The molecular formula is C15H17N5O3. The van der Waals surface area contributed by atoms with E-state index in [4.69, 9.17) is 14.7 Å². The molecule has 6 rings (SSSR count). The summed E-state index contributed by atoms with van der Waals surface area (Å²) in [5.41, 5.74) is -1.03. The first-order valence-electron chi connectivity index (χ1n) is 8.17. The first-order chi connectivity index (χ1) is 11.1. The molecule has 0 aromatic carbocycles. The molecule has 0 N–H and O–H groups in total. The Labute approximate surface area is 131 Å². The maximum absolute atomic E-state index is 12.7. The zero-order valence-corrected chi connectivity index (χ0v) is 12.8. The Hall–Kier alpha value is -1.96. The van der Waals surface area contributed by atoms with Crippen LogP contribution in [0.2, 0.25) is 0 Å². The summed E-state index contributed by atoms with van der Waals surface area (Å²) in [5, 5.41) is 0. The van der Waals surface area contributed by atoms with E-state index < -0.39 is 0 Å². The van der Waals surface area contributed by atoms with Crippen LogP contribution in [0.15, 0.2) is 19.6 Å². The van der Waals surface area contributed by atoms with Gasteiger partial charge in [0.2, 0.25) is 0 Å². The minimum atomic E-state index is -0.274. The maximum atomic E-state index is 12.7. The Morgan fingerprint density at radius 3 is 1.96 bits per heavy atom. The molecule has 0 unspecified atom stereocenters. The highest BCUT2D eigenvalue weighted by atomic mass is 16.5. The van der Waals surface area contributed by atoms with E-state index in [9.17, 15) is 9.59 Å². The summed E-state index contributed by atoms with van der Waals surface area (Å²) in [7, 11) is 1.54. The molecule has 120 valence electrons. The summed E-state index contributed by atoms with van der Waals surface area (Å²) < 4.78 is 10.4. The van der Waals surface area contributed by atoms with Gasteiger partial charge in [-0.15, -0.1) is 0 Å². The molecule has 0 radical (unpaired) electrons. The predicted octanol–water partition coefficient (Wildman–Crippen LogP) is -0.853. The molecule has 2 spiro atoms. The number of fused-ring (bicyclic) bond motifs is 3. The summed E-state index contributed by atoms with van der Waals surface area (Å²) in [6.07, 6.45) is 5.71. The Kier molecular flexibility index (Phi) is 1.86. The molecule has 23 heavy (non-hydrogen) atoms. The largest absolute Gasteiger partial charge is 0.380 e. The van der Waals surface area contributed by atoms with E-state index in [-0.39, 0.29) is 46.4 Å². The monoisotopic (exact) mass is 315 g/mol. The molecule has 1 aromatic heterocycles. The van der Waals surface area contributed by atoms with Crippen molar-refractivity contribution in [2.45, 2.75) is 37.0 Å². The van der Waals surface area contributed by atoms with Gasteiger partial charge in [-0.2, -0.15) is 0 Å². The molecule has 5 heterocycles. The Balaban J connectivity index is 1.79. The van der Waals surface area contributed by atoms with Gasteiger partial charge in [-0.3, -0.25) is 9.98 Å². The van der Waals surface area contributed by atoms with Crippen LogP contribution in [0.5, 0.6) is 0 Å². The summed E-state index contributed by atoms with van der Waals surface area (Å²) in [6.45, 7) is 1.18. The molecule has 1 saturated heterocycles. The van der Waals surface area contributed by atoms with E-state index >= 15 is 0 Å². The smallest absolute Gasteiger partial charge is 0.347 e. The summed E-state index contributed by atoms with van der Waals surface area (Å²) in [5.74, 6) is 0. The van der Waals surface area contributed by atoms with Crippen molar-refractivity contribution in [1.82, 2.24) is 13.9 Å². The number of aliphatic imine (C=N–C) groups is 2. The first kappa shape index (κ1) is 12.5. The van der Waals surface area contributed by atoms with Crippen LogP contribution in [-0.2, 0) is 11.8 Å². The van der Waals surface area contributed by atoms with Gasteiger partial charge in [-0.25, -0.2) is 23.5 Å². The Morgan fingerprint density at radius 1 is 1.00 bits per heavy atom. The fraction of sp³-hybridized carbons (Fsp3) is 0.733. The SMILES string of the molecule is Cn1c(=O)n2n(c1=O)[C@@H]1C=N[C@@H]3CC[C@@H]4N=C[C@H]2[C@@]42COC[C@]312. The summed E-state index contributed by atoms with van der Waals surface area (Å²) in [6, 6.07) is -0.105. The van der Waals surface area contributed by atoms with E-state index in [1.807, 2.05) is 12.4 Å². The standard InChI is InChI=1S/C15H17N5O3/c1-18-12(21)19-10-4-16-8-2-3-9-15(7-23-6-14(8,10)15)11(5-17-9)20(19)13(18)22/h4-5,8-11H,2-3,6-7H2,1H3/t8-,9+,10-,11+,14+,15-. The summed E-state index contributed by atoms with van der Waals surface area (Å²) >= 11 is 0. The molecule has 4 aliphatic heterocycles. The minimum absolute atomic E-state index is 0.159. The lowest BCUT2D eigenvalue weighted by atomic mass is 9.49. The molecular weight excluding hydrogens is 298 g/mol. The van der Waals surface area contributed by atoms with Crippen molar-refractivity contribution >= 4 is 12.4 Å². The Morgan fingerprint density at radius 2 is 1.48 bits per heavy atom. The van der Waals surface area contributed by atoms with Crippen LogP contribution in [0, 0.1) is 10.8 Å². The van der Waals surface area contributed by atoms with E-state index in [1.54, 1.807) is 16.4 Å². The zero-order chi connectivity index (χ0) is 15.6. The van der Waals surface area contributed by atoms with E-state index in [1.165, 1.54) is 4.57 Å². The highest BCUT2D eigenvalue weighted by Crippen LogP contribution is 2.69. The highest BCUT2D eigenvalue weighted by Gasteiger charge is 2.77. The molecule has 2 fully saturated rings. The predicted molar refractivity (Wildman–Crippen MR) is 81.5 cm³/mol. The van der Waals surface area contributed by atoms with E-state index in [0.717, 1.165) is 12.8 Å². The van der Waals surface area contributed by atoms with Gasteiger partial charge >= 0.3 is 11.4 Å². The van der Waals surface area contributed by atoms with Crippen molar-refractivity contribution in [3.05, 3.63) is 21.0 Å². The van der Waals surface area contributed by atoms with E-state index in [2.05, 4.69) is 0 Å². The molecule has 8 heteroatoms.